The SMILES string of the molecule is F[B-](F)(F)F.F[N+]1(F)CCOCC1. The van der Waals surface area contributed by atoms with Crippen LogP contribution in [-0.4, -0.2) is 38.5 Å². The van der Waals surface area contributed by atoms with E-state index in [9.17, 15) is 26.2 Å². The Bertz CT molecular complexity index is 136. The molecule has 9 heteroatoms. The highest BCUT2D eigenvalue weighted by molar-refractivity contribution is 6.50. The molecule has 2 nitrogen and oxygen atoms in total. The van der Waals surface area contributed by atoms with E-state index in [-0.39, 0.29) is 26.3 Å². The number of hydrogen-bond acceptors (Lipinski definition) is 1. The van der Waals surface area contributed by atoms with Gasteiger partial charge in [0.1, 0.15) is 13.2 Å². The summed E-state index contributed by atoms with van der Waals surface area (Å²) >= 11 is 0. The van der Waals surface area contributed by atoms with E-state index in [2.05, 4.69) is 0 Å². The van der Waals surface area contributed by atoms with Gasteiger partial charge in [-0.15, -0.1) is 0 Å². The van der Waals surface area contributed by atoms with Crippen molar-refractivity contribution in [3.8, 4) is 0 Å². The maximum absolute atomic E-state index is 12.1. The molecule has 0 spiro atoms. The molecular formula is C4H8BF6NO. The zero-order chi connectivity index (χ0) is 10.5. The molecule has 1 fully saturated rings. The lowest BCUT2D eigenvalue weighted by atomic mass is 10.3. The van der Waals surface area contributed by atoms with Crippen LogP contribution in [0.15, 0.2) is 0 Å². The van der Waals surface area contributed by atoms with Crippen LogP contribution in [-0.2, 0) is 4.74 Å². The van der Waals surface area contributed by atoms with Crippen LogP contribution in [0.1, 0.15) is 0 Å². The first-order valence-electron chi connectivity index (χ1n) is 3.42. The van der Waals surface area contributed by atoms with Gasteiger partial charge in [-0.3, -0.25) is 0 Å². The molecule has 1 saturated heterocycles. The Labute approximate surface area is 70.6 Å². The quantitative estimate of drug-likeness (QED) is 0.337. The Morgan fingerprint density at radius 1 is 0.923 bits per heavy atom. The van der Waals surface area contributed by atoms with E-state index in [1.807, 2.05) is 0 Å². The summed E-state index contributed by atoms with van der Waals surface area (Å²) in [5, 5.41) is 0. The number of ether oxygens (including phenoxy) is 1. The molecule has 0 aromatic heterocycles. The first-order chi connectivity index (χ1) is 5.71. The lowest BCUT2D eigenvalue weighted by molar-refractivity contribution is -1.17. The van der Waals surface area contributed by atoms with Gasteiger partial charge < -0.3 is 22.0 Å². The molecule has 0 N–H and O–H groups in total. The van der Waals surface area contributed by atoms with Crippen LogP contribution in [0.4, 0.5) is 26.2 Å². The minimum atomic E-state index is -6.00. The highest BCUT2D eigenvalue weighted by atomic mass is 19.5. The normalized spacial score (nSPS) is 21.7. The Morgan fingerprint density at radius 2 is 1.23 bits per heavy atom. The number of morpholine rings is 1. The zero-order valence-electron chi connectivity index (χ0n) is 6.53. The molecule has 1 rings (SSSR count). The molecule has 0 radical (unpaired) electrons. The van der Waals surface area contributed by atoms with Gasteiger partial charge in [-0.05, 0) is 0 Å². The second kappa shape index (κ2) is 4.70. The van der Waals surface area contributed by atoms with E-state index >= 15 is 0 Å². The van der Waals surface area contributed by atoms with Gasteiger partial charge >= 0.3 is 7.25 Å². The van der Waals surface area contributed by atoms with E-state index in [4.69, 9.17) is 4.74 Å². The van der Waals surface area contributed by atoms with E-state index in [1.165, 1.54) is 0 Å². The average molecular weight is 211 g/mol. The highest BCUT2D eigenvalue weighted by Gasteiger charge is 2.32. The minimum absolute atomic E-state index is 0.167. The highest BCUT2D eigenvalue weighted by Crippen LogP contribution is 2.11. The number of halogens is 6. The van der Waals surface area contributed by atoms with Gasteiger partial charge in [0, 0.05) is 8.96 Å². The maximum Gasteiger partial charge on any atom is 0.673 e. The van der Waals surface area contributed by atoms with Gasteiger partial charge in [0.15, 0.2) is 13.1 Å². The molecule has 0 aliphatic carbocycles. The van der Waals surface area contributed by atoms with Gasteiger partial charge in [0.25, 0.3) is 0 Å². The smallest absolute Gasteiger partial charge is 0.418 e. The van der Waals surface area contributed by atoms with Gasteiger partial charge in [-0.1, -0.05) is 0 Å². The summed E-state index contributed by atoms with van der Waals surface area (Å²) in [6.45, 7) is 0.0417. The molecule has 1 aliphatic heterocycles. The molecule has 0 atom stereocenters. The Balaban J connectivity index is 0.000000252. The van der Waals surface area contributed by atoms with Crippen LogP contribution >= 0.6 is 0 Å². The van der Waals surface area contributed by atoms with Crippen LogP contribution in [0, 0.1) is 0 Å². The van der Waals surface area contributed by atoms with Crippen molar-refractivity contribution in [2.75, 3.05) is 26.3 Å². The summed E-state index contributed by atoms with van der Waals surface area (Å²) in [5.74, 6) is 0. The molecule has 0 bridgehead atoms. The molecule has 80 valence electrons. The lowest BCUT2D eigenvalue weighted by Gasteiger charge is -2.17. The second-order valence-corrected chi connectivity index (χ2v) is 2.32. The fourth-order valence-electron chi connectivity index (χ4n) is 0.610. The molecule has 13 heavy (non-hydrogen) atoms. The summed E-state index contributed by atoms with van der Waals surface area (Å²) in [4.78, 5) is -1.88. The maximum atomic E-state index is 12.1. The Kier molecular flexibility index (Phi) is 4.55. The predicted octanol–water partition coefficient (Wildman–Crippen LogP) is 1.90. The van der Waals surface area contributed by atoms with Crippen LogP contribution in [0.3, 0.4) is 0 Å². The van der Waals surface area contributed by atoms with E-state index in [0.29, 0.717) is 0 Å². The van der Waals surface area contributed by atoms with Crippen LogP contribution in [0.5, 0.6) is 0 Å². The standard InChI is InChI=1S/C4H8F2NO.BF4/c5-7(6)1-3-8-4-2-7;2-1(3,4)5/h1-4H2;/q+1;-1. The number of nitrogens with zero attached hydrogens (tertiary/aromatic N) is 1. The average Bonchev–Trinajstić information content (AvgIpc) is 1.82. The zero-order valence-corrected chi connectivity index (χ0v) is 6.53. The fourth-order valence-corrected chi connectivity index (χ4v) is 0.610. The monoisotopic (exact) mass is 211 g/mol. The van der Waals surface area contributed by atoms with Crippen molar-refractivity contribution < 1.29 is 35.9 Å². The molecular weight excluding hydrogens is 203 g/mol. The third kappa shape index (κ3) is 11.6. The van der Waals surface area contributed by atoms with Crippen LogP contribution in [0.2, 0.25) is 0 Å². The lowest BCUT2D eigenvalue weighted by Crippen LogP contribution is -2.41. The van der Waals surface area contributed by atoms with E-state index < -0.39 is 12.2 Å². The van der Waals surface area contributed by atoms with Crippen molar-refractivity contribution in [2.24, 2.45) is 0 Å². The van der Waals surface area contributed by atoms with Gasteiger partial charge in [0.05, 0.1) is 4.93 Å². The predicted molar refractivity (Wildman–Crippen MR) is 33.2 cm³/mol. The summed E-state index contributed by atoms with van der Waals surface area (Å²) in [6.07, 6.45) is 0. The summed E-state index contributed by atoms with van der Waals surface area (Å²) < 4.78 is 67.8. The topological polar surface area (TPSA) is 9.23 Å². The summed E-state index contributed by atoms with van der Waals surface area (Å²) in [5.41, 5.74) is 0. The Morgan fingerprint density at radius 3 is 1.38 bits per heavy atom. The molecule has 1 heterocycles. The summed E-state index contributed by atoms with van der Waals surface area (Å²) in [6, 6.07) is 0. The molecule has 1 aliphatic rings. The van der Waals surface area contributed by atoms with E-state index in [1.54, 1.807) is 0 Å². The first kappa shape index (κ1) is 12.6. The molecule has 0 unspecified atom stereocenters. The van der Waals surface area contributed by atoms with Gasteiger partial charge in [0.2, 0.25) is 0 Å². The van der Waals surface area contributed by atoms with E-state index in [0.717, 1.165) is 0 Å². The first-order valence-corrected chi connectivity index (χ1v) is 3.42. The van der Waals surface area contributed by atoms with Crippen molar-refractivity contribution in [1.29, 1.82) is 0 Å². The van der Waals surface area contributed by atoms with Crippen molar-refractivity contribution in [3.63, 3.8) is 0 Å². The number of rotatable bonds is 0. The Hall–Kier alpha value is -0.435. The van der Waals surface area contributed by atoms with Crippen molar-refractivity contribution in [1.82, 2.24) is 0 Å². The van der Waals surface area contributed by atoms with Gasteiger partial charge in [-0.25, -0.2) is 0 Å². The summed E-state index contributed by atoms with van der Waals surface area (Å²) in [7, 11) is -6.00. The van der Waals surface area contributed by atoms with Crippen LogP contribution in [0.25, 0.3) is 0 Å². The fraction of sp³-hybridized carbons (Fsp3) is 1.00. The molecule has 0 aromatic carbocycles. The molecule has 0 amide bonds. The third-order valence-electron chi connectivity index (χ3n) is 1.13. The van der Waals surface area contributed by atoms with Crippen molar-refractivity contribution in [3.05, 3.63) is 0 Å². The molecule has 0 aromatic rings. The third-order valence-corrected chi connectivity index (χ3v) is 1.13. The van der Waals surface area contributed by atoms with Crippen LogP contribution < -0.4 is 0 Å². The van der Waals surface area contributed by atoms with Gasteiger partial charge in [-0.2, -0.15) is 0 Å². The minimum Gasteiger partial charge on any atom is -0.418 e. The number of hydrogen-bond donors (Lipinski definition) is 0. The van der Waals surface area contributed by atoms with Crippen molar-refractivity contribution in [2.45, 2.75) is 0 Å². The largest absolute Gasteiger partial charge is 0.673 e. The molecule has 0 saturated carbocycles. The second-order valence-electron chi connectivity index (χ2n) is 2.32. The number of quaternary nitrogens is 1. The van der Waals surface area contributed by atoms with Crippen molar-refractivity contribution >= 4 is 7.25 Å².